The Labute approximate surface area is 189 Å². The number of nitrogens with zero attached hydrogens (tertiary/aromatic N) is 1. The molecule has 2 atom stereocenters. The lowest BCUT2D eigenvalue weighted by atomic mass is 10.00. The number of benzene rings is 2. The van der Waals surface area contributed by atoms with Crippen LogP contribution >= 0.6 is 11.3 Å². The Kier molecular flexibility index (Phi) is 6.68. The van der Waals surface area contributed by atoms with E-state index in [1.165, 1.54) is 11.3 Å². The first-order chi connectivity index (χ1) is 15.5. The number of fused-ring (bicyclic) bond motifs is 1. The number of methoxy groups -OCH3 is 1. The molecule has 0 amide bonds. The summed E-state index contributed by atoms with van der Waals surface area (Å²) >= 11 is 1.53. The van der Waals surface area contributed by atoms with Crippen molar-refractivity contribution in [2.24, 2.45) is 0 Å². The molecule has 0 spiro atoms. The lowest BCUT2D eigenvalue weighted by Crippen LogP contribution is -2.29. The van der Waals surface area contributed by atoms with Crippen LogP contribution in [0.15, 0.2) is 36.4 Å². The summed E-state index contributed by atoms with van der Waals surface area (Å²) in [5.41, 5.74) is 2.46. The highest BCUT2D eigenvalue weighted by Gasteiger charge is 2.29. The van der Waals surface area contributed by atoms with E-state index >= 15 is 0 Å². The number of hydrogen-bond donors (Lipinski definition) is 1. The molecule has 31 heavy (non-hydrogen) atoms. The Hall–Kier alpha value is -2.15. The Morgan fingerprint density at radius 3 is 2.81 bits per heavy atom. The summed E-state index contributed by atoms with van der Waals surface area (Å²) in [5, 5.41) is 12.1. The third-order valence-electron chi connectivity index (χ3n) is 5.80. The zero-order valence-electron chi connectivity index (χ0n) is 19.4. The molecule has 1 heterocycles. The van der Waals surface area contributed by atoms with E-state index in [9.17, 15) is 5.11 Å². The van der Waals surface area contributed by atoms with Gasteiger partial charge >= 0.3 is 0 Å². The Morgan fingerprint density at radius 2 is 2.06 bits per heavy atom. The second-order valence-electron chi connectivity index (χ2n) is 8.05. The van der Waals surface area contributed by atoms with E-state index in [1.807, 2.05) is 38.1 Å². The molecule has 0 saturated heterocycles. The van der Waals surface area contributed by atoms with Crippen LogP contribution in [0.4, 0.5) is 0 Å². The van der Waals surface area contributed by atoms with Crippen molar-refractivity contribution in [3.8, 4) is 11.5 Å². The molecule has 1 aliphatic carbocycles. The van der Waals surface area contributed by atoms with Gasteiger partial charge < -0.3 is 19.3 Å². The summed E-state index contributed by atoms with van der Waals surface area (Å²) in [6, 6.07) is 9.78. The lowest BCUT2D eigenvalue weighted by molar-refractivity contribution is -0.0753. The van der Waals surface area contributed by atoms with E-state index in [0.717, 1.165) is 52.3 Å². The van der Waals surface area contributed by atoms with Gasteiger partial charge in [-0.2, -0.15) is 0 Å². The van der Waals surface area contributed by atoms with Crippen LogP contribution in [0.2, 0.25) is 0 Å². The third-order valence-corrected chi connectivity index (χ3v) is 6.83. The molecule has 6 heteroatoms. The van der Waals surface area contributed by atoms with E-state index < -0.39 is 12.2 Å². The van der Waals surface area contributed by atoms with E-state index in [1.54, 1.807) is 13.2 Å². The van der Waals surface area contributed by atoms with Gasteiger partial charge in [0.2, 0.25) is 0 Å². The fourth-order valence-electron chi connectivity index (χ4n) is 4.14. The minimum atomic E-state index is -0.799. The van der Waals surface area contributed by atoms with Crippen molar-refractivity contribution in [2.75, 3.05) is 13.7 Å². The monoisotopic (exact) mass is 442 g/mol. The number of aliphatic hydroxyl groups is 1. The Balaban J connectivity index is 1.62. The summed E-state index contributed by atoms with van der Waals surface area (Å²) in [4.78, 5) is 4.71. The van der Waals surface area contributed by atoms with Crippen LogP contribution in [0.25, 0.3) is 10.2 Å². The third kappa shape index (κ3) is 5.20. The maximum absolute atomic E-state index is 11.3. The zero-order valence-corrected chi connectivity index (χ0v) is 19.2. The van der Waals surface area contributed by atoms with Crippen LogP contribution in [0.5, 0.6) is 11.5 Å². The second-order valence-corrected chi connectivity index (χ2v) is 9.16. The first kappa shape index (κ1) is 20.7. The van der Waals surface area contributed by atoms with Gasteiger partial charge in [-0.05, 0) is 62.1 Å². The van der Waals surface area contributed by atoms with Crippen LogP contribution in [0.1, 0.15) is 56.2 Å². The molecule has 3 aromatic rings. The van der Waals surface area contributed by atoms with Gasteiger partial charge in [0.05, 0.1) is 42.5 Å². The molecule has 0 bridgehead atoms. The van der Waals surface area contributed by atoms with Crippen LogP contribution in [-0.2, 0) is 11.2 Å². The summed E-state index contributed by atoms with van der Waals surface area (Å²) in [6.07, 6.45) is 3.79. The number of aliphatic hydroxyl groups excluding tert-OH is 1. The predicted molar refractivity (Wildman–Crippen MR) is 124 cm³/mol. The molecule has 1 saturated carbocycles. The number of hydrogen-bond acceptors (Lipinski definition) is 6. The standard InChI is InChI=1S/C25H31NO4S/c1-4-29-19-11-12-20-23(14-19)31-24(26-20)15-22(30-18-7-5-6-8-18)25(27)17-10-9-16(2)21(13-17)28-3/h9-14,18,22,25,27H,4-8,15H2,1-3H3/t22-,25+/m0/s1/i12D. The molecule has 1 aromatic heterocycles. The van der Waals surface area contributed by atoms with Crippen molar-refractivity contribution in [3.63, 3.8) is 0 Å². The summed E-state index contributed by atoms with van der Waals surface area (Å²) in [6.45, 7) is 4.47. The minimum Gasteiger partial charge on any atom is -0.496 e. The van der Waals surface area contributed by atoms with Gasteiger partial charge in [0.25, 0.3) is 0 Å². The van der Waals surface area contributed by atoms with E-state index in [0.29, 0.717) is 30.3 Å². The van der Waals surface area contributed by atoms with Crippen LogP contribution in [-0.4, -0.2) is 36.0 Å². The molecule has 0 unspecified atom stereocenters. The SMILES string of the molecule is [2H]c1cc(OCC)cc2sc(C[C@H](OC3CCCC3)[C@H](O)c3ccc(C)c(OC)c3)nc12. The topological polar surface area (TPSA) is 60.8 Å². The van der Waals surface area contributed by atoms with Crippen molar-refractivity contribution in [2.45, 2.75) is 64.3 Å². The fourth-order valence-corrected chi connectivity index (χ4v) is 5.15. The van der Waals surface area contributed by atoms with Gasteiger partial charge in [-0.1, -0.05) is 25.0 Å². The zero-order chi connectivity index (χ0) is 22.7. The number of rotatable bonds is 9. The second kappa shape index (κ2) is 9.98. The van der Waals surface area contributed by atoms with Gasteiger partial charge in [0.1, 0.15) is 17.6 Å². The molecule has 0 aliphatic heterocycles. The number of aryl methyl sites for hydroxylation is 1. The van der Waals surface area contributed by atoms with Crippen molar-refractivity contribution in [1.82, 2.24) is 4.98 Å². The van der Waals surface area contributed by atoms with Gasteiger partial charge in [-0.25, -0.2) is 4.98 Å². The lowest BCUT2D eigenvalue weighted by Gasteiger charge is -2.26. The smallest absolute Gasteiger partial charge is 0.122 e. The summed E-state index contributed by atoms with van der Waals surface area (Å²) in [5.74, 6) is 1.44. The summed E-state index contributed by atoms with van der Waals surface area (Å²) in [7, 11) is 1.64. The largest absolute Gasteiger partial charge is 0.496 e. The highest BCUT2D eigenvalue weighted by molar-refractivity contribution is 7.18. The van der Waals surface area contributed by atoms with Crippen LogP contribution in [0.3, 0.4) is 0 Å². The van der Waals surface area contributed by atoms with Gasteiger partial charge in [0, 0.05) is 6.42 Å². The maximum Gasteiger partial charge on any atom is 0.122 e. The minimum absolute atomic E-state index is 0.160. The van der Waals surface area contributed by atoms with E-state index in [4.69, 9.17) is 20.6 Å². The maximum atomic E-state index is 11.3. The molecule has 1 N–H and O–H groups in total. The van der Waals surface area contributed by atoms with Crippen molar-refractivity contribution >= 4 is 21.6 Å². The fraction of sp³-hybridized carbons (Fsp3) is 0.480. The van der Waals surface area contributed by atoms with Crippen molar-refractivity contribution in [3.05, 3.63) is 52.5 Å². The first-order valence-electron chi connectivity index (χ1n) is 11.5. The van der Waals surface area contributed by atoms with Crippen LogP contribution in [0, 0.1) is 6.92 Å². The molecule has 4 rings (SSSR count). The van der Waals surface area contributed by atoms with E-state index in [-0.39, 0.29) is 6.10 Å². The quantitative estimate of drug-likeness (QED) is 0.466. The molecular formula is C25H31NO4S. The van der Waals surface area contributed by atoms with Crippen molar-refractivity contribution in [1.29, 1.82) is 0 Å². The van der Waals surface area contributed by atoms with Gasteiger partial charge in [-0.15, -0.1) is 11.3 Å². The highest BCUT2D eigenvalue weighted by Crippen LogP contribution is 2.33. The average Bonchev–Trinajstić information content (AvgIpc) is 3.43. The summed E-state index contributed by atoms with van der Waals surface area (Å²) < 4.78 is 26.7. The molecule has 1 fully saturated rings. The molecule has 1 aliphatic rings. The van der Waals surface area contributed by atoms with E-state index in [2.05, 4.69) is 0 Å². The molecule has 2 aromatic carbocycles. The van der Waals surface area contributed by atoms with Gasteiger partial charge in [-0.3, -0.25) is 0 Å². The number of thiazole rings is 1. The van der Waals surface area contributed by atoms with Gasteiger partial charge in [0.15, 0.2) is 0 Å². The number of ether oxygens (including phenoxy) is 3. The first-order valence-corrected chi connectivity index (χ1v) is 11.8. The normalized spacial score (nSPS) is 17.0. The Bertz CT molecular complexity index is 1060. The Morgan fingerprint density at radius 1 is 1.26 bits per heavy atom. The average molecular weight is 443 g/mol. The van der Waals surface area contributed by atoms with Crippen molar-refractivity contribution < 1.29 is 20.7 Å². The molecule has 5 nitrogen and oxygen atoms in total. The number of aromatic nitrogens is 1. The van der Waals surface area contributed by atoms with Crippen LogP contribution < -0.4 is 9.47 Å². The molecule has 166 valence electrons. The predicted octanol–water partition coefficient (Wildman–Crippen LogP) is 5.62. The molecule has 0 radical (unpaired) electrons. The molecular weight excluding hydrogens is 410 g/mol. The highest BCUT2D eigenvalue weighted by atomic mass is 32.1.